The number of rotatable bonds is 12. The van der Waals surface area contributed by atoms with Crippen LogP contribution in [0.25, 0.3) is 0 Å². The van der Waals surface area contributed by atoms with Gasteiger partial charge in [-0.05, 0) is 40.9 Å². The molecule has 2 aliphatic heterocycles. The Morgan fingerprint density at radius 1 is 0.630 bits per heavy atom. The first-order valence-corrected chi connectivity index (χ1v) is 19.3. The Morgan fingerprint density at radius 2 is 1.19 bits per heavy atom. The molecule has 5 fully saturated rings. The van der Waals surface area contributed by atoms with Crippen molar-refractivity contribution in [3.63, 3.8) is 0 Å². The molecule has 14 atom stereocenters. The van der Waals surface area contributed by atoms with Gasteiger partial charge in [0.25, 0.3) is 0 Å². The van der Waals surface area contributed by atoms with Crippen LogP contribution in [-0.4, -0.2) is 100 Å². The van der Waals surface area contributed by atoms with E-state index in [0.29, 0.717) is 18.9 Å². The summed E-state index contributed by atoms with van der Waals surface area (Å²) in [7, 11) is 0. The molecule has 11 nitrogen and oxygen atoms in total. The van der Waals surface area contributed by atoms with Crippen LogP contribution in [0.5, 0.6) is 0 Å². The highest BCUT2D eigenvalue weighted by Crippen LogP contribution is 2.73. The van der Waals surface area contributed by atoms with Crippen molar-refractivity contribution in [1.82, 2.24) is 0 Å². The Hall–Kier alpha value is -2.78. The van der Waals surface area contributed by atoms with Gasteiger partial charge < -0.3 is 53.6 Å². The van der Waals surface area contributed by atoms with Crippen LogP contribution < -0.4 is 0 Å². The topological polar surface area (TPSA) is 146 Å². The molecule has 2 bridgehead atoms. The second kappa shape index (κ2) is 15.3. The molecule has 11 heteroatoms. The number of aliphatic hydroxyl groups is 4. The molecule has 54 heavy (non-hydrogen) atoms. The van der Waals surface area contributed by atoms with Gasteiger partial charge in [-0.2, -0.15) is 0 Å². The molecule has 0 aromatic heterocycles. The first-order chi connectivity index (χ1) is 26.0. The van der Waals surface area contributed by atoms with Crippen LogP contribution in [0.1, 0.15) is 56.7 Å². The minimum absolute atomic E-state index is 0.0737. The normalized spacial score (nSPS) is 40.9. The van der Waals surface area contributed by atoms with Gasteiger partial charge in [0.05, 0.1) is 26.4 Å². The van der Waals surface area contributed by atoms with Gasteiger partial charge in [0.15, 0.2) is 12.1 Å². The van der Waals surface area contributed by atoms with Gasteiger partial charge in [-0.15, -0.1) is 0 Å². The van der Waals surface area contributed by atoms with Crippen molar-refractivity contribution >= 4 is 0 Å². The molecule has 4 N–H and O–H groups in total. The summed E-state index contributed by atoms with van der Waals surface area (Å²) in [6.45, 7) is 7.44. The van der Waals surface area contributed by atoms with Gasteiger partial charge in [0.1, 0.15) is 61.0 Å². The summed E-state index contributed by atoms with van der Waals surface area (Å²) in [4.78, 5) is 0. The maximum atomic E-state index is 12.1. The lowest BCUT2D eigenvalue weighted by Crippen LogP contribution is -2.67. The fourth-order valence-corrected chi connectivity index (χ4v) is 9.69. The van der Waals surface area contributed by atoms with Gasteiger partial charge in [-0.3, -0.25) is 0 Å². The lowest BCUT2D eigenvalue weighted by Gasteiger charge is -2.47. The number of benzene rings is 3. The second-order valence-corrected chi connectivity index (χ2v) is 16.5. The summed E-state index contributed by atoms with van der Waals surface area (Å²) < 4.78 is 45.9. The third-order valence-electron chi connectivity index (χ3n) is 13.3. The third-order valence-corrected chi connectivity index (χ3v) is 13.3. The van der Waals surface area contributed by atoms with E-state index in [0.717, 1.165) is 29.5 Å². The molecule has 2 saturated heterocycles. The molecule has 5 aliphatic rings. The quantitative estimate of drug-likeness (QED) is 0.211. The Balaban J connectivity index is 1.08. The van der Waals surface area contributed by atoms with E-state index < -0.39 is 73.1 Å². The molecule has 3 aromatic rings. The molecular formula is C43H54O11. The molecule has 1 unspecified atom stereocenters. The molecule has 0 radical (unpaired) electrons. The average molecular weight is 747 g/mol. The molecule has 0 amide bonds. The lowest BCUT2D eigenvalue weighted by atomic mass is 9.68. The van der Waals surface area contributed by atoms with Crippen molar-refractivity contribution in [2.24, 2.45) is 16.7 Å². The van der Waals surface area contributed by atoms with Crippen LogP contribution in [0.4, 0.5) is 0 Å². The average Bonchev–Trinajstić information content (AvgIpc) is 3.73. The Bertz CT molecular complexity index is 1680. The van der Waals surface area contributed by atoms with Gasteiger partial charge >= 0.3 is 0 Å². The smallest absolute Gasteiger partial charge is 0.187 e. The Labute approximate surface area is 317 Å². The van der Waals surface area contributed by atoms with E-state index in [1.54, 1.807) is 0 Å². The van der Waals surface area contributed by atoms with Crippen LogP contribution in [0.15, 0.2) is 91.0 Å². The number of ether oxygens (including phenoxy) is 7. The van der Waals surface area contributed by atoms with Crippen molar-refractivity contribution in [3.8, 4) is 0 Å². The van der Waals surface area contributed by atoms with Crippen LogP contribution >= 0.6 is 0 Å². The standard InChI is InChI=1S/C43H54O11/c1-41(2)29-19-20-42(41,3)43(21-29)53-38-33(46)31(44)32(45)37(39(38)54-43)52-40-34(47)36(50-24-28-17-11-6-12-18-28)35(49-23-27-15-9-5-10-16-27)30(51-40)25-48-22-26-13-7-4-8-14-26/h4-18,29-40,44-47H,19-25H2,1-3H3/t29-,30+,31-,32-,33+,34-,35+,36+,37+,38+,39-,40+,42-,43?/m0/s1. The summed E-state index contributed by atoms with van der Waals surface area (Å²) in [5.74, 6) is -0.678. The molecule has 2 heterocycles. The summed E-state index contributed by atoms with van der Waals surface area (Å²) in [5, 5.41) is 46.1. The molecule has 3 saturated carbocycles. The molecule has 8 rings (SSSR count). The van der Waals surface area contributed by atoms with Gasteiger partial charge in [0, 0.05) is 11.8 Å². The predicted molar refractivity (Wildman–Crippen MR) is 195 cm³/mol. The molecule has 3 aliphatic carbocycles. The van der Waals surface area contributed by atoms with E-state index in [1.165, 1.54) is 0 Å². The maximum Gasteiger partial charge on any atom is 0.187 e. The monoisotopic (exact) mass is 746 g/mol. The van der Waals surface area contributed by atoms with E-state index in [4.69, 9.17) is 33.2 Å². The van der Waals surface area contributed by atoms with Crippen LogP contribution in [0.3, 0.4) is 0 Å². The predicted octanol–water partition coefficient (Wildman–Crippen LogP) is 4.27. The van der Waals surface area contributed by atoms with Crippen LogP contribution in [0.2, 0.25) is 0 Å². The van der Waals surface area contributed by atoms with Gasteiger partial charge in [-0.1, -0.05) is 112 Å². The largest absolute Gasteiger partial charge is 0.387 e. The van der Waals surface area contributed by atoms with Crippen molar-refractivity contribution in [1.29, 1.82) is 0 Å². The van der Waals surface area contributed by atoms with Crippen molar-refractivity contribution in [2.45, 2.75) is 133 Å². The molecular weight excluding hydrogens is 692 g/mol. The van der Waals surface area contributed by atoms with E-state index in [9.17, 15) is 20.4 Å². The van der Waals surface area contributed by atoms with Crippen LogP contribution in [0, 0.1) is 16.7 Å². The van der Waals surface area contributed by atoms with Crippen molar-refractivity contribution < 1.29 is 53.6 Å². The fraction of sp³-hybridized carbons (Fsp3) is 0.581. The number of hydrogen-bond acceptors (Lipinski definition) is 11. The Morgan fingerprint density at radius 3 is 1.74 bits per heavy atom. The minimum Gasteiger partial charge on any atom is -0.387 e. The van der Waals surface area contributed by atoms with E-state index in [1.807, 2.05) is 91.0 Å². The SMILES string of the molecule is CC1(C)[C@H]2CC[C@]1(C)C1(C2)O[C@@H]2[C@H](O1)[C@H](O)[C@@H](O)[C@H](O)[C@H]2O[C@H]1O[C@H](COCc2ccccc2)[C@@H](OCc2ccccc2)[C@H](OCc2ccccc2)[C@@H]1O. The zero-order valence-electron chi connectivity index (χ0n) is 31.2. The molecule has 3 aromatic carbocycles. The summed E-state index contributed by atoms with van der Waals surface area (Å²) in [5.41, 5.74) is 2.36. The summed E-state index contributed by atoms with van der Waals surface area (Å²) >= 11 is 0. The first-order valence-electron chi connectivity index (χ1n) is 19.3. The highest BCUT2D eigenvalue weighted by atomic mass is 16.8. The number of aliphatic hydroxyl groups excluding tert-OH is 4. The van der Waals surface area contributed by atoms with E-state index in [2.05, 4.69) is 20.8 Å². The summed E-state index contributed by atoms with van der Waals surface area (Å²) in [6.07, 6.45) is -10.4. The van der Waals surface area contributed by atoms with Crippen LogP contribution in [-0.2, 0) is 53.0 Å². The Kier molecular flexibility index (Phi) is 10.8. The third kappa shape index (κ3) is 6.75. The molecule has 1 spiro atoms. The highest BCUT2D eigenvalue weighted by molar-refractivity contribution is 5.20. The van der Waals surface area contributed by atoms with E-state index in [-0.39, 0.29) is 30.7 Å². The maximum absolute atomic E-state index is 12.1. The fourth-order valence-electron chi connectivity index (χ4n) is 9.69. The second-order valence-electron chi connectivity index (χ2n) is 16.5. The number of hydrogen-bond donors (Lipinski definition) is 4. The lowest BCUT2D eigenvalue weighted by molar-refractivity contribution is -0.346. The first kappa shape index (κ1) is 38.1. The van der Waals surface area contributed by atoms with Crippen molar-refractivity contribution in [3.05, 3.63) is 108 Å². The minimum atomic E-state index is -1.59. The zero-order chi connectivity index (χ0) is 37.7. The number of fused-ring (bicyclic) bond motifs is 4. The summed E-state index contributed by atoms with van der Waals surface area (Å²) in [6, 6.07) is 29.1. The van der Waals surface area contributed by atoms with Gasteiger partial charge in [0.2, 0.25) is 0 Å². The zero-order valence-corrected chi connectivity index (χ0v) is 31.2. The highest BCUT2D eigenvalue weighted by Gasteiger charge is 2.76. The molecule has 292 valence electrons. The van der Waals surface area contributed by atoms with E-state index >= 15 is 0 Å². The van der Waals surface area contributed by atoms with Crippen molar-refractivity contribution in [2.75, 3.05) is 6.61 Å². The van der Waals surface area contributed by atoms with Gasteiger partial charge in [-0.25, -0.2) is 0 Å².